The number of benzene rings is 1. The summed E-state index contributed by atoms with van der Waals surface area (Å²) in [4.78, 5) is 11.2. The minimum absolute atomic E-state index is 0.00280. The molecule has 0 fully saturated rings. The quantitative estimate of drug-likeness (QED) is 0.699. The van der Waals surface area contributed by atoms with Crippen LogP contribution in [0.3, 0.4) is 0 Å². The van der Waals surface area contributed by atoms with Crippen molar-refractivity contribution in [2.45, 2.75) is 32.6 Å². The number of rotatable bonds is 3. The van der Waals surface area contributed by atoms with Gasteiger partial charge in [0.15, 0.2) is 5.78 Å². The number of hydrogen-bond acceptors (Lipinski definition) is 1. The van der Waals surface area contributed by atoms with Crippen molar-refractivity contribution in [2.75, 3.05) is 0 Å². The molecule has 1 nitrogen and oxygen atoms in total. The number of ketones is 1. The van der Waals surface area contributed by atoms with Crippen molar-refractivity contribution in [3.8, 4) is 0 Å². The SMILES string of the molecule is CCc1cccc(C(Cl)C(C)=O)c1C. The lowest BCUT2D eigenvalue weighted by atomic mass is 9.97. The molecular weight excluding hydrogens is 196 g/mol. The molecule has 0 bridgehead atoms. The molecule has 0 aliphatic carbocycles. The van der Waals surface area contributed by atoms with Gasteiger partial charge in [-0.05, 0) is 37.0 Å². The first-order valence-electron chi connectivity index (χ1n) is 4.80. The Bertz CT molecular complexity index is 344. The van der Waals surface area contributed by atoms with E-state index in [4.69, 9.17) is 11.6 Å². The second-order valence-corrected chi connectivity index (χ2v) is 3.89. The first-order valence-corrected chi connectivity index (χ1v) is 5.24. The van der Waals surface area contributed by atoms with Crippen molar-refractivity contribution in [3.63, 3.8) is 0 Å². The van der Waals surface area contributed by atoms with Crippen LogP contribution in [-0.4, -0.2) is 5.78 Å². The van der Waals surface area contributed by atoms with Crippen molar-refractivity contribution < 1.29 is 4.79 Å². The number of hydrogen-bond donors (Lipinski definition) is 0. The summed E-state index contributed by atoms with van der Waals surface area (Å²) in [6.45, 7) is 5.64. The number of aryl methyl sites for hydroxylation is 1. The van der Waals surface area contributed by atoms with E-state index in [0.29, 0.717) is 0 Å². The van der Waals surface area contributed by atoms with Crippen LogP contribution in [0.1, 0.15) is 35.9 Å². The van der Waals surface area contributed by atoms with Crippen LogP contribution in [0, 0.1) is 6.92 Å². The van der Waals surface area contributed by atoms with Gasteiger partial charge in [0.1, 0.15) is 5.38 Å². The van der Waals surface area contributed by atoms with Crippen molar-refractivity contribution in [1.82, 2.24) is 0 Å². The summed E-state index contributed by atoms with van der Waals surface area (Å²) >= 11 is 6.03. The van der Waals surface area contributed by atoms with Crippen LogP contribution in [0.2, 0.25) is 0 Å². The van der Waals surface area contributed by atoms with Crippen molar-refractivity contribution >= 4 is 17.4 Å². The second kappa shape index (κ2) is 4.61. The molecule has 1 rings (SSSR count). The number of carbonyl (C=O) groups excluding carboxylic acids is 1. The van der Waals surface area contributed by atoms with Crippen LogP contribution in [0.15, 0.2) is 18.2 Å². The van der Waals surface area contributed by atoms with Gasteiger partial charge >= 0.3 is 0 Å². The molecule has 1 aromatic rings. The third-order valence-corrected chi connectivity index (χ3v) is 3.04. The van der Waals surface area contributed by atoms with E-state index in [1.165, 1.54) is 12.5 Å². The van der Waals surface area contributed by atoms with Gasteiger partial charge in [-0.3, -0.25) is 4.79 Å². The predicted molar refractivity (Wildman–Crippen MR) is 59.8 cm³/mol. The summed E-state index contributed by atoms with van der Waals surface area (Å²) in [6.07, 6.45) is 0.973. The first-order chi connectivity index (χ1) is 6.57. The van der Waals surface area contributed by atoms with E-state index >= 15 is 0 Å². The zero-order valence-electron chi connectivity index (χ0n) is 8.80. The molecule has 1 aromatic carbocycles. The van der Waals surface area contributed by atoms with E-state index in [9.17, 15) is 4.79 Å². The highest BCUT2D eigenvalue weighted by Crippen LogP contribution is 2.26. The van der Waals surface area contributed by atoms with Gasteiger partial charge < -0.3 is 0 Å². The van der Waals surface area contributed by atoms with Crippen LogP contribution in [-0.2, 0) is 11.2 Å². The second-order valence-electron chi connectivity index (χ2n) is 3.46. The zero-order chi connectivity index (χ0) is 10.7. The van der Waals surface area contributed by atoms with Gasteiger partial charge in [-0.25, -0.2) is 0 Å². The largest absolute Gasteiger partial charge is 0.298 e. The van der Waals surface area contributed by atoms with E-state index < -0.39 is 5.38 Å². The Morgan fingerprint density at radius 1 is 1.50 bits per heavy atom. The van der Waals surface area contributed by atoms with Crippen molar-refractivity contribution in [2.24, 2.45) is 0 Å². The van der Waals surface area contributed by atoms with Gasteiger partial charge in [-0.2, -0.15) is 0 Å². The van der Waals surface area contributed by atoms with Crippen LogP contribution < -0.4 is 0 Å². The van der Waals surface area contributed by atoms with Gasteiger partial charge in [-0.1, -0.05) is 25.1 Å². The summed E-state index contributed by atoms with van der Waals surface area (Å²) in [5.41, 5.74) is 3.35. The van der Waals surface area contributed by atoms with E-state index in [1.807, 2.05) is 19.1 Å². The first kappa shape index (κ1) is 11.3. The fourth-order valence-corrected chi connectivity index (χ4v) is 1.82. The van der Waals surface area contributed by atoms with Gasteiger partial charge in [-0.15, -0.1) is 11.6 Å². The Balaban J connectivity index is 3.15. The molecule has 1 atom stereocenters. The maximum atomic E-state index is 11.2. The Labute approximate surface area is 90.1 Å². The normalized spacial score (nSPS) is 12.6. The third-order valence-electron chi connectivity index (χ3n) is 2.50. The molecule has 0 amide bonds. The molecule has 0 saturated carbocycles. The molecule has 0 saturated heterocycles. The lowest BCUT2D eigenvalue weighted by molar-refractivity contribution is -0.116. The zero-order valence-corrected chi connectivity index (χ0v) is 9.56. The fourth-order valence-electron chi connectivity index (χ4n) is 1.58. The molecule has 0 heterocycles. The van der Waals surface area contributed by atoms with Crippen LogP contribution in [0.5, 0.6) is 0 Å². The van der Waals surface area contributed by atoms with Crippen molar-refractivity contribution in [3.05, 3.63) is 34.9 Å². The smallest absolute Gasteiger partial charge is 0.152 e. The van der Waals surface area contributed by atoms with Gasteiger partial charge in [0.05, 0.1) is 0 Å². The summed E-state index contributed by atoms with van der Waals surface area (Å²) in [7, 11) is 0. The molecule has 14 heavy (non-hydrogen) atoms. The average molecular weight is 211 g/mol. The van der Waals surface area contributed by atoms with Crippen LogP contribution >= 0.6 is 11.6 Å². The Morgan fingerprint density at radius 3 is 2.64 bits per heavy atom. The maximum absolute atomic E-state index is 11.2. The molecular formula is C12H15ClO. The lowest BCUT2D eigenvalue weighted by Gasteiger charge is -2.12. The molecule has 2 heteroatoms. The Hall–Kier alpha value is -0.820. The number of alkyl halides is 1. The van der Waals surface area contributed by atoms with Crippen LogP contribution in [0.4, 0.5) is 0 Å². The summed E-state index contributed by atoms with van der Waals surface area (Å²) in [5, 5.41) is -0.499. The fraction of sp³-hybridized carbons (Fsp3) is 0.417. The maximum Gasteiger partial charge on any atom is 0.152 e. The van der Waals surface area contributed by atoms with Gasteiger partial charge in [0, 0.05) is 0 Å². The molecule has 0 N–H and O–H groups in total. The van der Waals surface area contributed by atoms with Crippen LogP contribution in [0.25, 0.3) is 0 Å². The minimum Gasteiger partial charge on any atom is -0.298 e. The third kappa shape index (κ3) is 2.16. The molecule has 0 aliphatic rings. The topological polar surface area (TPSA) is 17.1 Å². The highest BCUT2D eigenvalue weighted by atomic mass is 35.5. The minimum atomic E-state index is -0.499. The van der Waals surface area contributed by atoms with Crippen molar-refractivity contribution in [1.29, 1.82) is 0 Å². The lowest BCUT2D eigenvalue weighted by Crippen LogP contribution is -2.05. The van der Waals surface area contributed by atoms with E-state index in [0.717, 1.165) is 17.5 Å². The Morgan fingerprint density at radius 2 is 2.14 bits per heavy atom. The van der Waals surface area contributed by atoms with E-state index in [1.54, 1.807) is 0 Å². The van der Waals surface area contributed by atoms with Gasteiger partial charge in [0.2, 0.25) is 0 Å². The molecule has 0 spiro atoms. The molecule has 76 valence electrons. The van der Waals surface area contributed by atoms with Gasteiger partial charge in [0.25, 0.3) is 0 Å². The van der Waals surface area contributed by atoms with E-state index in [2.05, 4.69) is 13.0 Å². The van der Waals surface area contributed by atoms with E-state index in [-0.39, 0.29) is 5.78 Å². The molecule has 1 unspecified atom stereocenters. The summed E-state index contributed by atoms with van der Waals surface area (Å²) < 4.78 is 0. The standard InChI is InChI=1S/C12H15ClO/c1-4-10-6-5-7-11(8(10)2)12(13)9(3)14/h5-7,12H,4H2,1-3H3. The highest BCUT2D eigenvalue weighted by Gasteiger charge is 2.15. The predicted octanol–water partition coefficient (Wildman–Crippen LogP) is 3.43. The monoisotopic (exact) mass is 210 g/mol. The molecule has 0 aromatic heterocycles. The number of halogens is 1. The summed E-state index contributed by atoms with van der Waals surface area (Å²) in [5.74, 6) is 0.00280. The summed E-state index contributed by atoms with van der Waals surface area (Å²) in [6, 6.07) is 5.95. The molecule has 0 aliphatic heterocycles. The molecule has 0 radical (unpaired) electrons. The number of Topliss-reactive ketones (excluding diaryl/α,β-unsaturated/α-hetero) is 1. The highest BCUT2D eigenvalue weighted by molar-refractivity contribution is 6.30. The average Bonchev–Trinajstić information content (AvgIpc) is 2.17. The Kier molecular flexibility index (Phi) is 3.70. The number of carbonyl (C=O) groups is 1.